The van der Waals surface area contributed by atoms with Crippen LogP contribution < -0.4 is 4.90 Å². The Hall–Kier alpha value is -0.770. The molecule has 1 N–H and O–H groups in total. The second-order valence-corrected chi connectivity index (χ2v) is 4.98. The van der Waals surface area contributed by atoms with Crippen molar-refractivity contribution >= 4 is 17.3 Å². The number of rotatable bonds is 4. The Morgan fingerprint density at radius 2 is 2.11 bits per heavy atom. The molecule has 1 fully saturated rings. The first-order chi connectivity index (χ1) is 8.74. The van der Waals surface area contributed by atoms with E-state index in [0.29, 0.717) is 11.1 Å². The molecular formula is C14H20ClNO2. The molecule has 0 aromatic heterocycles. The number of halogens is 1. The minimum atomic E-state index is -0.00841. The molecule has 2 rings (SSSR count). The molecule has 1 aromatic rings. The van der Waals surface area contributed by atoms with Crippen LogP contribution in [0.25, 0.3) is 0 Å². The van der Waals surface area contributed by atoms with Crippen LogP contribution in [-0.2, 0) is 11.3 Å². The van der Waals surface area contributed by atoms with Crippen LogP contribution in [0, 0.1) is 0 Å². The summed E-state index contributed by atoms with van der Waals surface area (Å²) in [6.45, 7) is 4.83. The summed E-state index contributed by atoms with van der Waals surface area (Å²) in [5, 5.41) is 9.74. The van der Waals surface area contributed by atoms with Crippen LogP contribution in [0.15, 0.2) is 18.2 Å². The molecule has 0 aliphatic carbocycles. The van der Waals surface area contributed by atoms with Gasteiger partial charge in [0.2, 0.25) is 0 Å². The molecule has 1 saturated heterocycles. The molecule has 1 aliphatic heterocycles. The van der Waals surface area contributed by atoms with Crippen LogP contribution in [0.3, 0.4) is 0 Å². The highest BCUT2D eigenvalue weighted by Gasteiger charge is 2.19. The molecule has 0 unspecified atom stereocenters. The lowest BCUT2D eigenvalue weighted by Crippen LogP contribution is -2.37. The average Bonchev–Trinajstić information content (AvgIpc) is 2.40. The largest absolute Gasteiger partial charge is 0.392 e. The molecule has 1 aliphatic rings. The van der Waals surface area contributed by atoms with E-state index in [4.69, 9.17) is 21.4 Å². The predicted molar refractivity (Wildman–Crippen MR) is 74.2 cm³/mol. The Morgan fingerprint density at radius 1 is 1.39 bits per heavy atom. The van der Waals surface area contributed by atoms with E-state index in [0.717, 1.165) is 43.8 Å². The van der Waals surface area contributed by atoms with Crippen molar-refractivity contribution in [3.8, 4) is 0 Å². The molecule has 18 heavy (non-hydrogen) atoms. The van der Waals surface area contributed by atoms with Gasteiger partial charge in [-0.15, -0.1) is 0 Å². The van der Waals surface area contributed by atoms with E-state index in [1.54, 1.807) is 0 Å². The molecule has 0 spiro atoms. The summed E-state index contributed by atoms with van der Waals surface area (Å²) >= 11 is 6.12. The summed E-state index contributed by atoms with van der Waals surface area (Å²) < 4.78 is 5.64. The minimum Gasteiger partial charge on any atom is -0.392 e. The van der Waals surface area contributed by atoms with Crippen molar-refractivity contribution < 1.29 is 9.84 Å². The molecule has 1 heterocycles. The Kier molecular flexibility index (Phi) is 4.87. The Labute approximate surface area is 113 Å². The molecule has 0 atom stereocenters. The molecular weight excluding hydrogens is 250 g/mol. The highest BCUT2D eigenvalue weighted by atomic mass is 35.5. The number of hydrogen-bond donors (Lipinski definition) is 1. The van der Waals surface area contributed by atoms with Crippen LogP contribution >= 0.6 is 11.6 Å². The zero-order valence-electron chi connectivity index (χ0n) is 10.7. The summed E-state index contributed by atoms with van der Waals surface area (Å²) in [4.78, 5) is 2.32. The van der Waals surface area contributed by atoms with Gasteiger partial charge in [0, 0.05) is 30.4 Å². The van der Waals surface area contributed by atoms with Crippen molar-refractivity contribution in [2.75, 3.05) is 24.6 Å². The van der Waals surface area contributed by atoms with E-state index in [1.807, 2.05) is 25.1 Å². The first kappa shape index (κ1) is 13.7. The van der Waals surface area contributed by atoms with Crippen molar-refractivity contribution in [3.05, 3.63) is 28.8 Å². The molecule has 4 heteroatoms. The highest BCUT2D eigenvalue weighted by Crippen LogP contribution is 2.26. The van der Waals surface area contributed by atoms with Gasteiger partial charge in [-0.3, -0.25) is 0 Å². The van der Waals surface area contributed by atoms with E-state index < -0.39 is 0 Å². The van der Waals surface area contributed by atoms with Crippen LogP contribution in [0.2, 0.25) is 5.02 Å². The number of anilines is 1. The average molecular weight is 270 g/mol. The maximum absolute atomic E-state index is 9.10. The maximum atomic E-state index is 9.10. The molecule has 0 radical (unpaired) electrons. The zero-order chi connectivity index (χ0) is 13.0. The fraction of sp³-hybridized carbons (Fsp3) is 0.571. The van der Waals surface area contributed by atoms with Gasteiger partial charge in [0.1, 0.15) is 0 Å². The van der Waals surface area contributed by atoms with Gasteiger partial charge < -0.3 is 14.7 Å². The summed E-state index contributed by atoms with van der Waals surface area (Å²) in [5.74, 6) is 0. The predicted octanol–water partition coefficient (Wildman–Crippen LogP) is 2.84. The standard InChI is InChI=1S/C14H20ClNO2/c1-2-18-13-5-7-16(8-6-13)12-4-3-11(10-17)14(15)9-12/h3-4,9,13,17H,2,5-8,10H2,1H3. The number of piperidine rings is 1. The summed E-state index contributed by atoms with van der Waals surface area (Å²) in [5.41, 5.74) is 1.91. The SMILES string of the molecule is CCOC1CCN(c2ccc(CO)c(Cl)c2)CC1. The number of ether oxygens (including phenoxy) is 1. The molecule has 100 valence electrons. The molecule has 3 nitrogen and oxygen atoms in total. The van der Waals surface area contributed by atoms with Gasteiger partial charge in [-0.05, 0) is 37.5 Å². The van der Waals surface area contributed by atoms with Crippen LogP contribution in [0.1, 0.15) is 25.3 Å². The van der Waals surface area contributed by atoms with Crippen molar-refractivity contribution in [2.45, 2.75) is 32.5 Å². The van der Waals surface area contributed by atoms with E-state index in [2.05, 4.69) is 4.90 Å². The highest BCUT2D eigenvalue weighted by molar-refractivity contribution is 6.31. The third kappa shape index (κ3) is 3.16. The van der Waals surface area contributed by atoms with E-state index in [9.17, 15) is 0 Å². The fourth-order valence-electron chi connectivity index (χ4n) is 2.38. The van der Waals surface area contributed by atoms with E-state index >= 15 is 0 Å². The lowest BCUT2D eigenvalue weighted by molar-refractivity contribution is 0.0459. The van der Waals surface area contributed by atoms with Gasteiger partial charge in [0.05, 0.1) is 12.7 Å². The monoisotopic (exact) mass is 269 g/mol. The van der Waals surface area contributed by atoms with Crippen LogP contribution in [-0.4, -0.2) is 30.9 Å². The van der Waals surface area contributed by atoms with Gasteiger partial charge in [0.25, 0.3) is 0 Å². The molecule has 0 saturated carbocycles. The summed E-state index contributed by atoms with van der Waals surface area (Å²) in [7, 11) is 0. The number of aliphatic hydroxyl groups excluding tert-OH is 1. The third-order valence-corrected chi connectivity index (χ3v) is 3.77. The second-order valence-electron chi connectivity index (χ2n) is 4.58. The van der Waals surface area contributed by atoms with E-state index in [-0.39, 0.29) is 6.61 Å². The van der Waals surface area contributed by atoms with Gasteiger partial charge in [-0.2, -0.15) is 0 Å². The van der Waals surface area contributed by atoms with Crippen molar-refractivity contribution in [1.29, 1.82) is 0 Å². The van der Waals surface area contributed by atoms with Crippen molar-refractivity contribution in [3.63, 3.8) is 0 Å². The van der Waals surface area contributed by atoms with Crippen molar-refractivity contribution in [1.82, 2.24) is 0 Å². The Bertz CT molecular complexity index is 389. The first-order valence-corrected chi connectivity index (χ1v) is 6.88. The van der Waals surface area contributed by atoms with Gasteiger partial charge in [-0.25, -0.2) is 0 Å². The second kappa shape index (κ2) is 6.41. The van der Waals surface area contributed by atoms with Gasteiger partial charge in [-0.1, -0.05) is 17.7 Å². The minimum absolute atomic E-state index is 0.00841. The number of aliphatic hydroxyl groups is 1. The van der Waals surface area contributed by atoms with Crippen LogP contribution in [0.4, 0.5) is 5.69 Å². The smallest absolute Gasteiger partial charge is 0.0696 e. The number of hydrogen-bond acceptors (Lipinski definition) is 3. The van der Waals surface area contributed by atoms with Gasteiger partial charge >= 0.3 is 0 Å². The molecule has 0 amide bonds. The van der Waals surface area contributed by atoms with E-state index in [1.165, 1.54) is 0 Å². The first-order valence-electron chi connectivity index (χ1n) is 6.50. The quantitative estimate of drug-likeness (QED) is 0.912. The zero-order valence-corrected chi connectivity index (χ0v) is 11.5. The lowest BCUT2D eigenvalue weighted by atomic mass is 10.1. The number of nitrogens with zero attached hydrogens (tertiary/aromatic N) is 1. The molecule has 1 aromatic carbocycles. The topological polar surface area (TPSA) is 32.7 Å². The van der Waals surface area contributed by atoms with Crippen LogP contribution in [0.5, 0.6) is 0 Å². The lowest BCUT2D eigenvalue weighted by Gasteiger charge is -2.33. The fourth-order valence-corrected chi connectivity index (χ4v) is 2.61. The normalized spacial score (nSPS) is 17.2. The summed E-state index contributed by atoms with van der Waals surface area (Å²) in [6.07, 6.45) is 2.53. The Balaban J connectivity index is 1.99. The maximum Gasteiger partial charge on any atom is 0.0696 e. The third-order valence-electron chi connectivity index (χ3n) is 3.42. The molecule has 0 bridgehead atoms. The summed E-state index contributed by atoms with van der Waals surface area (Å²) in [6, 6.07) is 5.86. The van der Waals surface area contributed by atoms with Gasteiger partial charge in [0.15, 0.2) is 0 Å². The number of benzene rings is 1. The van der Waals surface area contributed by atoms with Crippen molar-refractivity contribution in [2.24, 2.45) is 0 Å². The Morgan fingerprint density at radius 3 is 2.67 bits per heavy atom.